The van der Waals surface area contributed by atoms with Gasteiger partial charge in [0.1, 0.15) is 5.82 Å². The van der Waals surface area contributed by atoms with E-state index in [9.17, 15) is 9.18 Å². The predicted octanol–water partition coefficient (Wildman–Crippen LogP) is 3.21. The molecule has 0 saturated heterocycles. The topological polar surface area (TPSA) is 50.2 Å². The summed E-state index contributed by atoms with van der Waals surface area (Å²) >= 11 is 1.36. The Morgan fingerprint density at radius 2 is 2.11 bits per heavy atom. The predicted molar refractivity (Wildman–Crippen MR) is 67.2 cm³/mol. The molecule has 0 bridgehead atoms. The fourth-order valence-corrected chi connectivity index (χ4v) is 2.28. The Morgan fingerprint density at radius 3 is 2.78 bits per heavy atom. The molecule has 18 heavy (non-hydrogen) atoms. The number of nitrogens with zero attached hydrogens (tertiary/aromatic N) is 1. The molecule has 92 valence electrons. The molecule has 0 amide bonds. The summed E-state index contributed by atoms with van der Waals surface area (Å²) < 4.78 is 13.8. The van der Waals surface area contributed by atoms with Crippen LogP contribution in [0.2, 0.25) is 0 Å². The molecule has 1 heterocycles. The van der Waals surface area contributed by atoms with Crippen LogP contribution in [0.3, 0.4) is 0 Å². The minimum atomic E-state index is -1.25. The molecule has 1 aromatic heterocycles. The van der Waals surface area contributed by atoms with Crippen LogP contribution in [-0.4, -0.2) is 16.1 Å². The van der Waals surface area contributed by atoms with E-state index in [1.54, 1.807) is 24.4 Å². The summed E-state index contributed by atoms with van der Waals surface area (Å²) in [5.41, 5.74) is 0.0691. The van der Waals surface area contributed by atoms with Gasteiger partial charge in [-0.3, -0.25) is 0 Å². The van der Waals surface area contributed by atoms with Gasteiger partial charge in [0.2, 0.25) is 0 Å². The SMILES string of the molecule is O=C(O)c1cccc(CSc2ccccn2)c1F. The highest BCUT2D eigenvalue weighted by molar-refractivity contribution is 7.98. The van der Waals surface area contributed by atoms with Gasteiger partial charge in [-0.15, -0.1) is 11.8 Å². The normalized spacial score (nSPS) is 10.3. The van der Waals surface area contributed by atoms with Gasteiger partial charge in [0.05, 0.1) is 10.6 Å². The second kappa shape index (κ2) is 5.64. The van der Waals surface area contributed by atoms with Gasteiger partial charge in [0.15, 0.2) is 0 Å². The molecule has 5 heteroatoms. The molecule has 0 spiro atoms. The van der Waals surface area contributed by atoms with Gasteiger partial charge in [-0.05, 0) is 23.8 Å². The lowest BCUT2D eigenvalue weighted by molar-refractivity contribution is 0.0691. The molecule has 1 N–H and O–H groups in total. The molecule has 0 aliphatic heterocycles. The first kappa shape index (κ1) is 12.6. The lowest BCUT2D eigenvalue weighted by atomic mass is 10.1. The molecule has 0 unspecified atom stereocenters. The van der Waals surface area contributed by atoms with Crippen molar-refractivity contribution in [3.63, 3.8) is 0 Å². The van der Waals surface area contributed by atoms with E-state index in [1.165, 1.54) is 17.8 Å². The van der Waals surface area contributed by atoms with Crippen molar-refractivity contribution in [3.8, 4) is 0 Å². The van der Waals surface area contributed by atoms with Crippen LogP contribution in [-0.2, 0) is 5.75 Å². The van der Waals surface area contributed by atoms with Crippen LogP contribution >= 0.6 is 11.8 Å². The second-order valence-corrected chi connectivity index (χ2v) is 4.54. The molecule has 0 aliphatic rings. The smallest absolute Gasteiger partial charge is 0.338 e. The third-order valence-electron chi connectivity index (χ3n) is 2.32. The average molecular weight is 263 g/mol. The number of pyridine rings is 1. The zero-order valence-electron chi connectivity index (χ0n) is 9.34. The highest BCUT2D eigenvalue weighted by atomic mass is 32.2. The van der Waals surface area contributed by atoms with E-state index in [0.717, 1.165) is 5.03 Å². The van der Waals surface area contributed by atoms with E-state index in [0.29, 0.717) is 11.3 Å². The maximum Gasteiger partial charge on any atom is 0.338 e. The van der Waals surface area contributed by atoms with Gasteiger partial charge in [0.25, 0.3) is 0 Å². The number of carboxylic acids is 1. The van der Waals surface area contributed by atoms with Gasteiger partial charge >= 0.3 is 5.97 Å². The molecule has 1 aromatic carbocycles. The highest BCUT2D eigenvalue weighted by Gasteiger charge is 2.13. The lowest BCUT2D eigenvalue weighted by Crippen LogP contribution is -2.02. The van der Waals surface area contributed by atoms with Crippen molar-refractivity contribution in [1.82, 2.24) is 4.98 Å². The fraction of sp³-hybridized carbons (Fsp3) is 0.0769. The van der Waals surface area contributed by atoms with Crippen LogP contribution in [0.15, 0.2) is 47.6 Å². The Bertz CT molecular complexity index is 560. The molecule has 0 radical (unpaired) electrons. The molecular weight excluding hydrogens is 253 g/mol. The minimum absolute atomic E-state index is 0.297. The Morgan fingerprint density at radius 1 is 1.28 bits per heavy atom. The van der Waals surface area contributed by atoms with Crippen molar-refractivity contribution >= 4 is 17.7 Å². The quantitative estimate of drug-likeness (QED) is 0.860. The average Bonchev–Trinajstić information content (AvgIpc) is 2.38. The van der Waals surface area contributed by atoms with E-state index in [-0.39, 0.29) is 5.56 Å². The highest BCUT2D eigenvalue weighted by Crippen LogP contribution is 2.23. The summed E-state index contributed by atoms with van der Waals surface area (Å²) in [5, 5.41) is 9.59. The second-order valence-electron chi connectivity index (χ2n) is 3.54. The van der Waals surface area contributed by atoms with E-state index in [4.69, 9.17) is 5.11 Å². The summed E-state index contributed by atoms with van der Waals surface area (Å²) in [6.07, 6.45) is 1.66. The van der Waals surface area contributed by atoms with E-state index < -0.39 is 11.8 Å². The molecule has 0 saturated carbocycles. The van der Waals surface area contributed by atoms with Gasteiger partial charge in [-0.1, -0.05) is 18.2 Å². The molecule has 2 aromatic rings. The standard InChI is InChI=1S/C13H10FNO2S/c14-12-9(4-3-5-10(12)13(16)17)8-18-11-6-1-2-7-15-11/h1-7H,8H2,(H,16,17). The van der Waals surface area contributed by atoms with Crippen LogP contribution in [0.5, 0.6) is 0 Å². The minimum Gasteiger partial charge on any atom is -0.478 e. The van der Waals surface area contributed by atoms with E-state index in [2.05, 4.69) is 4.98 Å². The van der Waals surface area contributed by atoms with E-state index >= 15 is 0 Å². The van der Waals surface area contributed by atoms with Crippen LogP contribution in [0.1, 0.15) is 15.9 Å². The Kier molecular flexibility index (Phi) is 3.94. The number of rotatable bonds is 4. The molecule has 0 atom stereocenters. The first-order valence-electron chi connectivity index (χ1n) is 5.23. The van der Waals surface area contributed by atoms with Crippen LogP contribution in [0, 0.1) is 5.82 Å². The van der Waals surface area contributed by atoms with Gasteiger partial charge < -0.3 is 5.11 Å². The Hall–Kier alpha value is -1.88. The number of carbonyl (C=O) groups is 1. The number of thioether (sulfide) groups is 1. The molecule has 0 aliphatic carbocycles. The zero-order valence-corrected chi connectivity index (χ0v) is 10.2. The number of hydrogen-bond acceptors (Lipinski definition) is 3. The lowest BCUT2D eigenvalue weighted by Gasteiger charge is -2.05. The third kappa shape index (κ3) is 2.87. The van der Waals surface area contributed by atoms with Crippen LogP contribution in [0.25, 0.3) is 0 Å². The summed E-state index contributed by atoms with van der Waals surface area (Å²) in [7, 11) is 0. The molecule has 0 fully saturated rings. The molecular formula is C13H10FNO2S. The Labute approximate surface area is 108 Å². The van der Waals surface area contributed by atoms with Crippen LogP contribution < -0.4 is 0 Å². The summed E-state index contributed by atoms with van der Waals surface area (Å²) in [5.74, 6) is -1.57. The molecule has 2 rings (SSSR count). The monoisotopic (exact) mass is 263 g/mol. The maximum atomic E-state index is 13.8. The van der Waals surface area contributed by atoms with Gasteiger partial charge in [-0.25, -0.2) is 14.2 Å². The fourth-order valence-electron chi connectivity index (χ4n) is 1.44. The van der Waals surface area contributed by atoms with E-state index in [1.807, 2.05) is 12.1 Å². The van der Waals surface area contributed by atoms with Gasteiger partial charge in [0, 0.05) is 11.9 Å². The molecule has 3 nitrogen and oxygen atoms in total. The van der Waals surface area contributed by atoms with Crippen molar-refractivity contribution in [2.24, 2.45) is 0 Å². The van der Waals surface area contributed by atoms with Crippen molar-refractivity contribution < 1.29 is 14.3 Å². The summed E-state index contributed by atoms with van der Waals surface area (Å²) in [4.78, 5) is 14.9. The number of halogens is 1. The Balaban J connectivity index is 2.15. The maximum absolute atomic E-state index is 13.8. The number of benzene rings is 1. The first-order valence-corrected chi connectivity index (χ1v) is 6.21. The van der Waals surface area contributed by atoms with Crippen molar-refractivity contribution in [2.45, 2.75) is 10.8 Å². The van der Waals surface area contributed by atoms with Crippen LogP contribution in [0.4, 0.5) is 4.39 Å². The van der Waals surface area contributed by atoms with Crippen molar-refractivity contribution in [1.29, 1.82) is 0 Å². The largest absolute Gasteiger partial charge is 0.478 e. The zero-order chi connectivity index (χ0) is 13.0. The summed E-state index contributed by atoms with van der Waals surface area (Å²) in [6.45, 7) is 0. The van der Waals surface area contributed by atoms with Gasteiger partial charge in [-0.2, -0.15) is 0 Å². The third-order valence-corrected chi connectivity index (χ3v) is 3.32. The van der Waals surface area contributed by atoms with Crippen molar-refractivity contribution in [2.75, 3.05) is 0 Å². The summed E-state index contributed by atoms with van der Waals surface area (Å²) in [6, 6.07) is 9.85. The number of aromatic nitrogens is 1. The number of hydrogen-bond donors (Lipinski definition) is 1. The number of carboxylic acid groups (broad SMARTS) is 1. The first-order chi connectivity index (χ1) is 8.68. The van der Waals surface area contributed by atoms with Crippen molar-refractivity contribution in [3.05, 3.63) is 59.5 Å². The number of aromatic carboxylic acids is 1.